The number of aliphatic carboxylic acids is 4. The first kappa shape index (κ1) is 75.7. The van der Waals surface area contributed by atoms with Crippen molar-refractivity contribution in [2.45, 2.75) is 63.4 Å². The normalized spacial score (nSPS) is 17.6. The zero-order valence-corrected chi connectivity index (χ0v) is 49.7. The van der Waals surface area contributed by atoms with Gasteiger partial charge in [-0.15, -0.1) is 5.53 Å². The predicted molar refractivity (Wildman–Crippen MR) is 279 cm³/mol. The fourth-order valence-corrected chi connectivity index (χ4v) is 10.5. The van der Waals surface area contributed by atoms with E-state index in [4.69, 9.17) is 24.8 Å². The Morgan fingerprint density at radius 2 is 1.23 bits per heavy atom. The Hall–Kier alpha value is -6.57. The van der Waals surface area contributed by atoms with Crippen LogP contribution in [0, 0.1) is 11.8 Å². The number of phosphoric acid groups is 3. The molecule has 0 saturated carbocycles. The second-order valence-electron chi connectivity index (χ2n) is 18.7. The maximum absolute atomic E-state index is 12.9. The summed E-state index contributed by atoms with van der Waals surface area (Å²) in [4.78, 5) is 158. The van der Waals surface area contributed by atoms with Crippen LogP contribution in [-0.2, 0) is 79.4 Å². The van der Waals surface area contributed by atoms with Gasteiger partial charge in [-0.1, -0.05) is 11.8 Å². The Balaban J connectivity index is 1.40. The maximum Gasteiger partial charge on any atom is 0.351 e. The van der Waals surface area contributed by atoms with E-state index in [0.717, 1.165) is 10.8 Å². The second kappa shape index (κ2) is 38.8. The molecule has 3 heterocycles. The number of carbonyl (C=O) groups excluding carboxylic acids is 8. The van der Waals surface area contributed by atoms with Gasteiger partial charge in [-0.2, -0.15) is 4.98 Å². The molecule has 6 atom stereocenters. The van der Waals surface area contributed by atoms with Gasteiger partial charge in [-0.05, 0) is 25.7 Å². The van der Waals surface area contributed by atoms with Gasteiger partial charge in [0, 0.05) is 134 Å². The number of hydrazine groups is 2. The van der Waals surface area contributed by atoms with Crippen LogP contribution in [0.5, 0.6) is 0 Å². The van der Waals surface area contributed by atoms with Crippen molar-refractivity contribution < 1.29 is 125 Å². The molecular weight excluding hydrogens is 1250 g/mol. The van der Waals surface area contributed by atoms with Crippen molar-refractivity contribution >= 4 is 76.8 Å². The van der Waals surface area contributed by atoms with Gasteiger partial charge in [0.2, 0.25) is 23.6 Å². The van der Waals surface area contributed by atoms with Crippen LogP contribution in [0.15, 0.2) is 22.9 Å². The van der Waals surface area contributed by atoms with Crippen molar-refractivity contribution in [3.8, 4) is 11.8 Å². The van der Waals surface area contributed by atoms with Crippen LogP contribution in [0.1, 0.15) is 56.7 Å². The summed E-state index contributed by atoms with van der Waals surface area (Å²) in [6.07, 6.45) is -3.47. The lowest BCUT2D eigenvalue weighted by atomic mass is 10.2. The van der Waals surface area contributed by atoms with Crippen molar-refractivity contribution in [1.82, 2.24) is 61.5 Å². The zero-order valence-electron chi connectivity index (χ0n) is 47.0. The highest BCUT2D eigenvalue weighted by Crippen LogP contribution is 2.61. The number of amides is 4. The molecule has 1 fully saturated rings. The number of aliphatic hydroxyl groups excluding tert-OH is 1. The third-order valence-corrected chi connectivity index (χ3v) is 15.5. The number of anilines is 1. The second-order valence-corrected chi connectivity index (χ2v) is 23.0. The highest BCUT2D eigenvalue weighted by Gasteiger charge is 2.37. The molecule has 1 aromatic heterocycles. The molecule has 3 rings (SSSR count). The number of nitrogens with zero attached hydrogens (tertiary/aromatic N) is 6. The maximum atomic E-state index is 12.9. The molecule has 40 nitrogen and oxygen atoms in total. The summed E-state index contributed by atoms with van der Waals surface area (Å²) in [6.45, 7) is -1.05. The van der Waals surface area contributed by atoms with Crippen LogP contribution in [0.25, 0.3) is 0 Å². The number of hydrogen-bond donors (Lipinski definition) is 9. The summed E-state index contributed by atoms with van der Waals surface area (Å²) >= 11 is 0. The van der Waals surface area contributed by atoms with E-state index in [-0.39, 0.29) is 168 Å². The van der Waals surface area contributed by atoms with Crippen molar-refractivity contribution in [3.05, 3.63) is 34.1 Å². The molecule has 0 aromatic carbocycles. The van der Waals surface area contributed by atoms with E-state index >= 15 is 0 Å². The van der Waals surface area contributed by atoms with E-state index in [0.29, 0.717) is 5.70 Å². The number of rotatable bonds is 45. The highest BCUT2D eigenvalue weighted by atomic mass is 31.3. The van der Waals surface area contributed by atoms with Gasteiger partial charge in [0.25, 0.3) is 23.5 Å². The molecule has 496 valence electrons. The highest BCUT2D eigenvalue weighted by molar-refractivity contribution is 7.65. The van der Waals surface area contributed by atoms with E-state index in [1.807, 2.05) is 0 Å². The van der Waals surface area contributed by atoms with Crippen LogP contribution in [-0.4, -0.2) is 224 Å². The third kappa shape index (κ3) is 33.7. The first-order chi connectivity index (χ1) is 41.4. The number of phosphoric ester groups is 1. The van der Waals surface area contributed by atoms with Gasteiger partial charge in [0.1, 0.15) is 31.4 Å². The smallest absolute Gasteiger partial charge is 0.351 e. The van der Waals surface area contributed by atoms with Gasteiger partial charge in [-0.3, -0.25) is 47.3 Å². The molecule has 43 heteroatoms. The Morgan fingerprint density at radius 1 is 0.716 bits per heavy atom. The molecular formula is C45H67N13O27P3-7. The molecule has 4 amide bonds. The fraction of sp³-hybridized carbons (Fsp3) is 0.644. The molecule has 4 unspecified atom stereocenters. The molecule has 0 spiro atoms. The minimum absolute atomic E-state index is 0.0000759. The van der Waals surface area contributed by atoms with Gasteiger partial charge in [-0.25, -0.2) is 13.4 Å². The number of carboxylic acids is 4. The molecule has 88 heavy (non-hydrogen) atoms. The molecule has 0 bridgehead atoms. The molecule has 1 aromatic rings. The quantitative estimate of drug-likeness (QED) is 0.0166. The fourth-order valence-electron chi connectivity index (χ4n) is 7.59. The summed E-state index contributed by atoms with van der Waals surface area (Å²) in [6, 6.07) is 0. The van der Waals surface area contributed by atoms with Crippen molar-refractivity contribution in [1.29, 1.82) is 0 Å². The number of carboxylic acid groups (broad SMARTS) is 4. The number of carbonyl (C=O) groups is 8. The Bertz CT molecular complexity index is 2740. The van der Waals surface area contributed by atoms with Crippen LogP contribution in [0.4, 0.5) is 5.82 Å². The monoisotopic (exact) mass is 1310 g/mol. The molecule has 2 aliphatic heterocycles. The van der Waals surface area contributed by atoms with Crippen LogP contribution in [0.3, 0.4) is 0 Å². The lowest BCUT2D eigenvalue weighted by Crippen LogP contribution is -2.42. The molecule has 2 aliphatic rings. The molecule has 0 aliphatic carbocycles. The summed E-state index contributed by atoms with van der Waals surface area (Å²) in [7, 11) is -18.1. The van der Waals surface area contributed by atoms with Crippen molar-refractivity contribution in [2.75, 3.05) is 130 Å². The van der Waals surface area contributed by atoms with E-state index in [2.05, 4.69) is 62.2 Å². The Labute approximate surface area is 501 Å². The first-order valence-electron chi connectivity index (χ1n) is 26.5. The zero-order chi connectivity index (χ0) is 65.5. The Morgan fingerprint density at radius 3 is 1.76 bits per heavy atom. The summed E-state index contributed by atoms with van der Waals surface area (Å²) in [5.41, 5.74) is 11.3. The van der Waals surface area contributed by atoms with Crippen LogP contribution < -0.4 is 78.8 Å². The standard InChI is InChI=1S/C45H74N13O27P3/c46-44-31(25-58(45(72)51-44)39-24-33(59)34(83-39)28-82-87(76,77)85-88(78,79)84-86(73,74)75)2-1-9-47-37(62)29-80-22-12-50-38(63)30-81-23-21-57-27-32(52-53-57)26-56(13-3-35(60)48-10-19-54(15-5-40(64)65)16-6-41(66)67)14-4-36(61)49-11-20-55(17-7-42(68)69)18-8-43(70)71/h25,27,33-34,39,52-53,59H,3-24,26,28-30H2,(H,47,62)(H,48,60)(H,49,61)(H,50,63)(H,64,65)(H,66,67)(H,68,69)(H,70,71)(H,76,77)(H,78,79)(H2,46,51,72)(H2,73,74,75)/p-7/t33?,34-,39-/m1/s1. The van der Waals surface area contributed by atoms with E-state index in [1.54, 1.807) is 16.1 Å². The number of nitrogen functional groups attached to an aromatic ring is 1. The summed E-state index contributed by atoms with van der Waals surface area (Å²) in [5, 5.41) is 66.2. The summed E-state index contributed by atoms with van der Waals surface area (Å²) < 4.78 is 62.1. The van der Waals surface area contributed by atoms with Crippen LogP contribution >= 0.6 is 23.5 Å². The number of nitrogens with two attached hydrogens (primary N) is 1. The van der Waals surface area contributed by atoms with Gasteiger partial charge in [0.15, 0.2) is 0 Å². The van der Waals surface area contributed by atoms with Gasteiger partial charge in [0.05, 0.1) is 50.3 Å². The van der Waals surface area contributed by atoms with Crippen molar-refractivity contribution in [3.63, 3.8) is 0 Å². The first-order valence-corrected chi connectivity index (χ1v) is 30.9. The minimum atomic E-state index is -6.19. The largest absolute Gasteiger partial charge is 0.756 e. The summed E-state index contributed by atoms with van der Waals surface area (Å²) in [5.74, 6) is -2.38. The SMILES string of the molecule is Nc1nc(=O)n([C@H]2CC(O)[C@@H](COP(=O)([O-])OP(=O)([O-])OP(=O)([O-])O)O2)cc1C#CCNC(=O)COCCNC(=O)COCCN1C=C(CN(CCC(=O)NCCN(CCC(=O)[O-])CCC(=O)[O-])CCC(=O)NCCN(CCC(=O)[O-])CCC(=O)[O-])NN1. The average molecular weight is 1320 g/mol. The molecule has 1 saturated heterocycles. The average Bonchev–Trinajstić information content (AvgIpc) is 3.66. The number of ether oxygens (including phenoxy) is 3. The number of hydrogen-bond acceptors (Lipinski definition) is 34. The molecule has 10 N–H and O–H groups in total. The lowest BCUT2D eigenvalue weighted by Gasteiger charge is -2.33. The van der Waals surface area contributed by atoms with E-state index in [9.17, 15) is 97.1 Å². The predicted octanol–water partition coefficient (Wildman–Crippen LogP) is -12.8. The number of nitrogens with one attached hydrogen (secondary N) is 6. The Kier molecular flexibility index (Phi) is 33.3. The van der Waals surface area contributed by atoms with E-state index < -0.39 is 108 Å². The third-order valence-electron chi connectivity index (χ3n) is 11.8. The van der Waals surface area contributed by atoms with Gasteiger partial charge < -0.3 is 125 Å². The minimum Gasteiger partial charge on any atom is -0.756 e. The van der Waals surface area contributed by atoms with Crippen molar-refractivity contribution in [2.24, 2.45) is 0 Å². The number of aromatic nitrogens is 2. The van der Waals surface area contributed by atoms with Gasteiger partial charge >= 0.3 is 5.69 Å². The molecule has 0 radical (unpaired) electrons. The van der Waals surface area contributed by atoms with E-state index in [1.165, 1.54) is 9.80 Å². The van der Waals surface area contributed by atoms with Crippen LogP contribution in [0.2, 0.25) is 0 Å². The number of aliphatic hydroxyl groups is 1. The topological polar surface area (TPSA) is 591 Å². The lowest BCUT2D eigenvalue weighted by molar-refractivity contribution is -0.308.